The Hall–Kier alpha value is -3.50. The molecule has 2 amide bonds. The molecule has 10 nitrogen and oxygen atoms in total. The van der Waals surface area contributed by atoms with Crippen molar-refractivity contribution in [2.45, 2.75) is 6.10 Å². The average Bonchev–Trinajstić information content (AvgIpc) is 2.92. The molecular formula is C24H29N7O3. The Morgan fingerprint density at radius 2 is 1.88 bits per heavy atom. The number of carbonyl (C=O) groups excluding carboxylic acids is 1. The highest BCUT2D eigenvalue weighted by molar-refractivity contribution is 5.88. The minimum Gasteiger partial charge on any atom is -0.378 e. The second kappa shape index (κ2) is 10.2. The van der Waals surface area contributed by atoms with Crippen molar-refractivity contribution in [1.29, 1.82) is 0 Å². The number of urea groups is 1. The number of pyridine rings is 1. The van der Waals surface area contributed by atoms with Crippen molar-refractivity contribution in [2.24, 2.45) is 0 Å². The molecule has 0 bridgehead atoms. The van der Waals surface area contributed by atoms with E-state index < -0.39 is 0 Å². The first-order valence-electron chi connectivity index (χ1n) is 11.6. The first-order valence-corrected chi connectivity index (χ1v) is 11.6. The molecule has 2 aromatic heterocycles. The normalized spacial score (nSPS) is 18.7. The van der Waals surface area contributed by atoms with Gasteiger partial charge in [-0.05, 0) is 18.2 Å². The molecule has 2 N–H and O–H groups in total. The minimum atomic E-state index is -0.143. The number of nitrogens with one attached hydrogen (secondary N) is 2. The number of aromatic nitrogens is 3. The molecule has 3 aromatic rings. The number of hydrogen-bond acceptors (Lipinski definition) is 8. The van der Waals surface area contributed by atoms with Crippen LogP contribution >= 0.6 is 0 Å². The lowest BCUT2D eigenvalue weighted by Gasteiger charge is -2.32. The van der Waals surface area contributed by atoms with Gasteiger partial charge in [0, 0.05) is 56.9 Å². The highest BCUT2D eigenvalue weighted by atomic mass is 16.5. The molecule has 2 aliphatic heterocycles. The number of rotatable bonds is 5. The Morgan fingerprint density at radius 1 is 1.09 bits per heavy atom. The number of ether oxygens (including phenoxy) is 2. The van der Waals surface area contributed by atoms with Crippen molar-refractivity contribution in [2.75, 3.05) is 69.8 Å². The van der Waals surface area contributed by atoms with Crippen LogP contribution in [0.2, 0.25) is 0 Å². The van der Waals surface area contributed by atoms with Crippen LogP contribution in [0.1, 0.15) is 0 Å². The van der Waals surface area contributed by atoms with Gasteiger partial charge in [-0.25, -0.2) is 14.8 Å². The zero-order chi connectivity index (χ0) is 23.3. The Morgan fingerprint density at radius 3 is 2.68 bits per heavy atom. The first kappa shape index (κ1) is 22.3. The Labute approximate surface area is 198 Å². The van der Waals surface area contributed by atoms with Crippen LogP contribution in [0, 0.1) is 0 Å². The third-order valence-corrected chi connectivity index (χ3v) is 6.13. The molecule has 0 saturated carbocycles. The summed E-state index contributed by atoms with van der Waals surface area (Å²) < 4.78 is 11.3. The van der Waals surface area contributed by atoms with Crippen molar-refractivity contribution in [3.63, 3.8) is 0 Å². The van der Waals surface area contributed by atoms with E-state index in [1.54, 1.807) is 24.3 Å². The van der Waals surface area contributed by atoms with E-state index in [2.05, 4.69) is 49.8 Å². The highest BCUT2D eigenvalue weighted by Gasteiger charge is 2.24. The number of benzene rings is 1. The van der Waals surface area contributed by atoms with Crippen LogP contribution in [0.5, 0.6) is 0 Å². The largest absolute Gasteiger partial charge is 0.378 e. The third-order valence-electron chi connectivity index (χ3n) is 6.13. The van der Waals surface area contributed by atoms with Crippen LogP contribution in [-0.4, -0.2) is 91.6 Å². The molecule has 0 radical (unpaired) electrons. The molecule has 2 saturated heterocycles. The number of anilines is 2. The number of fused-ring (bicyclic) bond motifs is 1. The van der Waals surface area contributed by atoms with Crippen LogP contribution in [0.25, 0.3) is 22.3 Å². The fourth-order valence-corrected chi connectivity index (χ4v) is 4.30. The number of nitrogens with zero attached hydrogens (tertiary/aromatic N) is 5. The number of amides is 2. The number of hydrogen-bond donors (Lipinski definition) is 2. The zero-order valence-electron chi connectivity index (χ0n) is 19.2. The van der Waals surface area contributed by atoms with E-state index in [1.165, 1.54) is 5.69 Å². The van der Waals surface area contributed by atoms with Crippen LogP contribution in [0.4, 0.5) is 16.3 Å². The second-order valence-electron chi connectivity index (χ2n) is 8.30. The molecule has 34 heavy (non-hydrogen) atoms. The summed E-state index contributed by atoms with van der Waals surface area (Å²) in [5.41, 5.74) is 4.48. The van der Waals surface area contributed by atoms with Crippen molar-refractivity contribution in [1.82, 2.24) is 25.2 Å². The van der Waals surface area contributed by atoms with Crippen LogP contribution < -0.4 is 15.5 Å². The molecule has 178 valence electrons. The molecule has 4 heterocycles. The summed E-state index contributed by atoms with van der Waals surface area (Å²) in [6.45, 7) is 5.42. The van der Waals surface area contributed by atoms with Gasteiger partial charge < -0.3 is 29.9 Å². The van der Waals surface area contributed by atoms with Crippen LogP contribution in [0.3, 0.4) is 0 Å². The van der Waals surface area contributed by atoms with Gasteiger partial charge in [0.1, 0.15) is 5.52 Å². The molecule has 1 atom stereocenters. The van der Waals surface area contributed by atoms with Crippen molar-refractivity contribution >= 4 is 28.6 Å². The third kappa shape index (κ3) is 4.87. The maximum atomic E-state index is 12.0. The van der Waals surface area contributed by atoms with Gasteiger partial charge in [-0.2, -0.15) is 0 Å². The summed E-state index contributed by atoms with van der Waals surface area (Å²) in [6.07, 6.45) is 3.20. The van der Waals surface area contributed by atoms with Gasteiger partial charge >= 0.3 is 6.03 Å². The van der Waals surface area contributed by atoms with E-state index in [1.807, 2.05) is 6.07 Å². The molecule has 2 aliphatic rings. The minimum absolute atomic E-state index is 0.0923. The summed E-state index contributed by atoms with van der Waals surface area (Å²) in [7, 11) is 1.64. The topological polar surface area (TPSA) is 105 Å². The predicted molar refractivity (Wildman–Crippen MR) is 130 cm³/mol. The summed E-state index contributed by atoms with van der Waals surface area (Å²) in [5, 5.41) is 6.06. The van der Waals surface area contributed by atoms with Gasteiger partial charge in [-0.1, -0.05) is 12.1 Å². The van der Waals surface area contributed by atoms with Gasteiger partial charge in [-0.15, -0.1) is 0 Å². The van der Waals surface area contributed by atoms with Crippen molar-refractivity contribution in [3.05, 3.63) is 42.7 Å². The first-order chi connectivity index (χ1) is 16.7. The van der Waals surface area contributed by atoms with E-state index in [-0.39, 0.29) is 12.1 Å². The fraction of sp³-hybridized carbons (Fsp3) is 0.417. The molecule has 1 aromatic carbocycles. The lowest BCUT2D eigenvalue weighted by atomic mass is 10.1. The van der Waals surface area contributed by atoms with E-state index in [0.717, 1.165) is 43.1 Å². The van der Waals surface area contributed by atoms with Gasteiger partial charge in [0.15, 0.2) is 5.82 Å². The van der Waals surface area contributed by atoms with Crippen LogP contribution in [0.15, 0.2) is 42.7 Å². The Bertz CT molecular complexity index is 1140. The van der Waals surface area contributed by atoms with Gasteiger partial charge in [-0.3, -0.25) is 4.98 Å². The highest BCUT2D eigenvalue weighted by Crippen LogP contribution is 2.27. The number of carbonyl (C=O) groups is 1. The molecule has 10 heteroatoms. The maximum absolute atomic E-state index is 12.0. The van der Waals surface area contributed by atoms with Crippen LogP contribution in [-0.2, 0) is 9.47 Å². The second-order valence-corrected chi connectivity index (χ2v) is 8.30. The van der Waals surface area contributed by atoms with Crippen molar-refractivity contribution < 1.29 is 14.3 Å². The average molecular weight is 464 g/mol. The zero-order valence-corrected chi connectivity index (χ0v) is 19.2. The summed E-state index contributed by atoms with van der Waals surface area (Å²) >= 11 is 0. The number of morpholine rings is 2. The summed E-state index contributed by atoms with van der Waals surface area (Å²) in [5.74, 6) is 0.651. The molecular weight excluding hydrogens is 434 g/mol. The molecule has 0 aliphatic carbocycles. The molecule has 2 fully saturated rings. The van der Waals surface area contributed by atoms with E-state index in [0.29, 0.717) is 37.6 Å². The van der Waals surface area contributed by atoms with Crippen molar-refractivity contribution in [3.8, 4) is 11.3 Å². The Balaban J connectivity index is 1.36. The molecule has 0 unspecified atom stereocenters. The maximum Gasteiger partial charge on any atom is 0.317 e. The van der Waals surface area contributed by atoms with Gasteiger partial charge in [0.25, 0.3) is 0 Å². The Kier molecular flexibility index (Phi) is 6.68. The monoisotopic (exact) mass is 463 g/mol. The molecule has 5 rings (SSSR count). The molecule has 0 spiro atoms. The summed E-state index contributed by atoms with van der Waals surface area (Å²) in [6, 6.07) is 10.3. The quantitative estimate of drug-likeness (QED) is 0.592. The van der Waals surface area contributed by atoms with Gasteiger partial charge in [0.2, 0.25) is 0 Å². The predicted octanol–water partition coefficient (Wildman–Crippen LogP) is 1.98. The van der Waals surface area contributed by atoms with E-state index >= 15 is 0 Å². The summed E-state index contributed by atoms with van der Waals surface area (Å²) in [4.78, 5) is 29.9. The van der Waals surface area contributed by atoms with Gasteiger partial charge in [0.05, 0.1) is 43.7 Å². The SMILES string of the molecule is CNC(=O)N1CCO[C@H](CNc2nc(-c3ccc(N4CCOCC4)cc3)cc3nccnc23)C1. The smallest absolute Gasteiger partial charge is 0.317 e. The lowest BCUT2D eigenvalue weighted by Crippen LogP contribution is -2.50. The standard InChI is InChI=1S/C24H29N7O3/c1-25-24(32)31-10-13-34-19(16-31)15-28-23-22-21(26-6-7-27-22)14-20(29-23)17-2-4-18(5-3-17)30-8-11-33-12-9-30/h2-7,14,19H,8-13,15-16H2,1H3,(H,25,32)(H,28,29)/t19-/m1/s1. The van der Waals surface area contributed by atoms with E-state index in [4.69, 9.17) is 14.5 Å². The fourth-order valence-electron chi connectivity index (χ4n) is 4.30. The lowest BCUT2D eigenvalue weighted by molar-refractivity contribution is -0.00622. The van der Waals surface area contributed by atoms with E-state index in [9.17, 15) is 4.79 Å².